The number of hydrogen-bond donors (Lipinski definition) is 4. The van der Waals surface area contributed by atoms with Crippen molar-refractivity contribution in [2.45, 2.75) is 81.7 Å². The Labute approximate surface area is 144 Å². The number of nitrogens with two attached hydrogens (primary N) is 2. The highest BCUT2D eigenvalue weighted by Gasteiger charge is 2.36. The number of aliphatic hydroxyl groups is 1. The van der Waals surface area contributed by atoms with Crippen LogP contribution >= 0.6 is 0 Å². The molecule has 1 fully saturated rings. The summed E-state index contributed by atoms with van der Waals surface area (Å²) in [7, 11) is 0. The Balaban J connectivity index is 1.55. The van der Waals surface area contributed by atoms with E-state index in [2.05, 4.69) is 5.32 Å². The summed E-state index contributed by atoms with van der Waals surface area (Å²) in [5, 5.41) is 13.1. The molecular formula is C18H32FN3O2. The van der Waals surface area contributed by atoms with Crippen LogP contribution in [0.1, 0.15) is 51.4 Å². The number of ether oxygens (including phenoxy) is 1. The molecule has 0 aromatic heterocycles. The maximum absolute atomic E-state index is 12.4. The maximum Gasteiger partial charge on any atom is 0.118 e. The summed E-state index contributed by atoms with van der Waals surface area (Å²) in [6, 6.07) is 0.788. The largest absolute Gasteiger partial charge is 0.388 e. The van der Waals surface area contributed by atoms with Crippen molar-refractivity contribution in [3.63, 3.8) is 0 Å². The molecular weight excluding hydrogens is 309 g/mol. The Morgan fingerprint density at radius 2 is 2.04 bits per heavy atom. The first-order chi connectivity index (χ1) is 11.6. The van der Waals surface area contributed by atoms with E-state index in [-0.39, 0.29) is 18.8 Å². The van der Waals surface area contributed by atoms with Crippen LogP contribution in [0.25, 0.3) is 0 Å². The molecule has 0 amide bonds. The Morgan fingerprint density at radius 3 is 2.83 bits per heavy atom. The highest BCUT2D eigenvalue weighted by atomic mass is 19.1. The molecule has 3 rings (SSSR count). The molecule has 0 spiro atoms. The van der Waals surface area contributed by atoms with Crippen LogP contribution in [0.2, 0.25) is 0 Å². The summed E-state index contributed by atoms with van der Waals surface area (Å²) in [6.07, 6.45) is 7.27. The van der Waals surface area contributed by atoms with E-state index in [1.807, 2.05) is 0 Å². The zero-order chi connectivity index (χ0) is 17.1. The van der Waals surface area contributed by atoms with Gasteiger partial charge in [0, 0.05) is 23.8 Å². The summed E-state index contributed by atoms with van der Waals surface area (Å²) in [6.45, 7) is -0.735. The molecule has 0 saturated heterocycles. The van der Waals surface area contributed by atoms with Gasteiger partial charge in [-0.3, -0.25) is 0 Å². The second kappa shape index (κ2) is 8.13. The van der Waals surface area contributed by atoms with Crippen LogP contribution < -0.4 is 16.8 Å². The molecule has 6 heteroatoms. The first-order valence-electron chi connectivity index (χ1n) is 9.41. The van der Waals surface area contributed by atoms with E-state index in [4.69, 9.17) is 16.2 Å². The molecule has 0 aromatic carbocycles. The third-order valence-corrected chi connectivity index (χ3v) is 5.95. The van der Waals surface area contributed by atoms with Gasteiger partial charge < -0.3 is 26.6 Å². The summed E-state index contributed by atoms with van der Waals surface area (Å²) in [4.78, 5) is 0. The average Bonchev–Trinajstić information content (AvgIpc) is 2.60. The van der Waals surface area contributed by atoms with Gasteiger partial charge in [-0.2, -0.15) is 0 Å². The predicted octanol–water partition coefficient (Wildman–Crippen LogP) is 1.35. The van der Waals surface area contributed by atoms with Gasteiger partial charge in [0.05, 0.1) is 12.7 Å². The van der Waals surface area contributed by atoms with Gasteiger partial charge >= 0.3 is 0 Å². The van der Waals surface area contributed by atoms with Crippen LogP contribution in [0.15, 0.2) is 11.3 Å². The molecule has 5 nitrogen and oxygen atoms in total. The Kier molecular flexibility index (Phi) is 6.13. The van der Waals surface area contributed by atoms with Gasteiger partial charge in [-0.05, 0) is 62.9 Å². The molecule has 24 heavy (non-hydrogen) atoms. The average molecular weight is 341 g/mol. The van der Waals surface area contributed by atoms with Gasteiger partial charge in [0.2, 0.25) is 0 Å². The second-order valence-corrected chi connectivity index (χ2v) is 7.79. The van der Waals surface area contributed by atoms with Gasteiger partial charge in [-0.15, -0.1) is 0 Å². The zero-order valence-electron chi connectivity index (χ0n) is 14.4. The molecule has 138 valence electrons. The lowest BCUT2D eigenvalue weighted by Gasteiger charge is -2.42. The van der Waals surface area contributed by atoms with Crippen molar-refractivity contribution in [1.82, 2.24) is 5.32 Å². The van der Waals surface area contributed by atoms with Crippen LogP contribution in [0.3, 0.4) is 0 Å². The Morgan fingerprint density at radius 1 is 1.21 bits per heavy atom. The summed E-state index contributed by atoms with van der Waals surface area (Å²) in [5.74, 6) is 0.530. The molecule has 6 unspecified atom stereocenters. The molecule has 3 aliphatic rings. The van der Waals surface area contributed by atoms with Gasteiger partial charge in [0.15, 0.2) is 0 Å². The molecule has 1 saturated carbocycles. The fourth-order valence-corrected chi connectivity index (χ4v) is 4.47. The van der Waals surface area contributed by atoms with E-state index >= 15 is 0 Å². The van der Waals surface area contributed by atoms with E-state index in [9.17, 15) is 9.50 Å². The normalized spacial score (nSPS) is 38.4. The third-order valence-electron chi connectivity index (χ3n) is 5.95. The van der Waals surface area contributed by atoms with Crippen molar-refractivity contribution in [2.75, 3.05) is 13.3 Å². The zero-order valence-corrected chi connectivity index (χ0v) is 14.4. The van der Waals surface area contributed by atoms with Crippen molar-refractivity contribution >= 4 is 0 Å². The lowest BCUT2D eigenvalue weighted by molar-refractivity contribution is -0.0497. The smallest absolute Gasteiger partial charge is 0.118 e. The predicted molar refractivity (Wildman–Crippen MR) is 92.0 cm³/mol. The second-order valence-electron chi connectivity index (χ2n) is 7.79. The molecule has 0 radical (unpaired) electrons. The number of alkyl halides is 1. The fraction of sp³-hybridized carbons (Fsp3) is 0.889. The van der Waals surface area contributed by atoms with Crippen molar-refractivity contribution in [2.24, 2.45) is 17.4 Å². The SMILES string of the molecule is NC1CCC2=C(CCC(C3CCC(N)C(OCC(O)CF)C3)N2)C1. The molecule has 2 aliphatic carbocycles. The highest BCUT2D eigenvalue weighted by molar-refractivity contribution is 5.21. The lowest BCUT2D eigenvalue weighted by atomic mass is 9.75. The standard InChI is InChI=1S/C18H32FN3O2/c19-9-14(23)10-24-18-8-12(1-4-15(18)21)16-5-2-11-7-13(20)3-6-17(11)22-16/h12-16,18,22-23H,1-10,20-21H2. The Hall–Kier alpha value is -0.690. The number of hydrogen-bond acceptors (Lipinski definition) is 5. The minimum Gasteiger partial charge on any atom is -0.388 e. The molecule has 0 bridgehead atoms. The van der Waals surface area contributed by atoms with E-state index in [0.29, 0.717) is 18.0 Å². The minimum atomic E-state index is -1.04. The Bertz CT molecular complexity index is 460. The molecule has 0 aromatic rings. The van der Waals surface area contributed by atoms with Crippen LogP contribution in [-0.4, -0.2) is 48.7 Å². The summed E-state index contributed by atoms with van der Waals surface area (Å²) < 4.78 is 18.1. The van der Waals surface area contributed by atoms with Crippen molar-refractivity contribution in [1.29, 1.82) is 0 Å². The van der Waals surface area contributed by atoms with Crippen LogP contribution in [-0.2, 0) is 4.74 Å². The highest BCUT2D eigenvalue weighted by Crippen LogP contribution is 2.36. The monoisotopic (exact) mass is 341 g/mol. The first kappa shape index (κ1) is 18.1. The van der Waals surface area contributed by atoms with Crippen molar-refractivity contribution < 1.29 is 14.2 Å². The number of halogens is 1. The molecule has 6 atom stereocenters. The number of nitrogens with one attached hydrogen (secondary N) is 1. The van der Waals surface area contributed by atoms with E-state index in [0.717, 1.165) is 51.4 Å². The van der Waals surface area contributed by atoms with Gasteiger partial charge in [-0.1, -0.05) is 0 Å². The van der Waals surface area contributed by atoms with E-state index in [1.54, 1.807) is 0 Å². The minimum absolute atomic E-state index is 0.0147. The molecule has 1 aliphatic heterocycles. The van der Waals surface area contributed by atoms with Crippen molar-refractivity contribution in [3.8, 4) is 0 Å². The number of rotatable bonds is 5. The van der Waals surface area contributed by atoms with Crippen LogP contribution in [0.5, 0.6) is 0 Å². The van der Waals surface area contributed by atoms with Crippen LogP contribution in [0, 0.1) is 5.92 Å². The first-order valence-corrected chi connectivity index (χ1v) is 9.41. The fourth-order valence-electron chi connectivity index (χ4n) is 4.47. The summed E-state index contributed by atoms with van der Waals surface area (Å²) >= 11 is 0. The lowest BCUT2D eigenvalue weighted by Crippen LogP contribution is -2.49. The summed E-state index contributed by atoms with van der Waals surface area (Å²) in [5.41, 5.74) is 15.2. The molecule has 1 heterocycles. The van der Waals surface area contributed by atoms with Crippen molar-refractivity contribution in [3.05, 3.63) is 11.3 Å². The molecule has 6 N–H and O–H groups in total. The van der Waals surface area contributed by atoms with Crippen LogP contribution in [0.4, 0.5) is 4.39 Å². The number of allylic oxidation sites excluding steroid dienone is 1. The van der Waals surface area contributed by atoms with Gasteiger partial charge in [0.25, 0.3) is 0 Å². The number of aliphatic hydroxyl groups excluding tert-OH is 1. The topological polar surface area (TPSA) is 93.5 Å². The van der Waals surface area contributed by atoms with Gasteiger partial charge in [0.1, 0.15) is 12.8 Å². The maximum atomic E-state index is 12.4. The third kappa shape index (κ3) is 4.28. The van der Waals surface area contributed by atoms with E-state index < -0.39 is 12.8 Å². The van der Waals surface area contributed by atoms with E-state index in [1.165, 1.54) is 11.3 Å². The van der Waals surface area contributed by atoms with Gasteiger partial charge in [-0.25, -0.2) is 4.39 Å². The quantitative estimate of drug-likeness (QED) is 0.606.